The summed E-state index contributed by atoms with van der Waals surface area (Å²) in [5.74, 6) is 0.319. The van der Waals surface area contributed by atoms with Crippen molar-refractivity contribution in [2.45, 2.75) is 43.5 Å². The highest BCUT2D eigenvalue weighted by atomic mass is 35.5. The van der Waals surface area contributed by atoms with E-state index in [9.17, 15) is 13.2 Å². The normalized spacial score (nSPS) is 17.1. The molecule has 1 saturated carbocycles. The minimum atomic E-state index is -3.64. The minimum Gasteiger partial charge on any atom is -0.312 e. The van der Waals surface area contributed by atoms with Gasteiger partial charge in [-0.2, -0.15) is 0 Å². The number of rotatable bonds is 5. The van der Waals surface area contributed by atoms with E-state index in [4.69, 9.17) is 11.6 Å². The summed E-state index contributed by atoms with van der Waals surface area (Å²) in [5.41, 5.74) is 2.62. The largest absolute Gasteiger partial charge is 0.312 e. The number of nitrogens with one attached hydrogen (secondary N) is 1. The fourth-order valence-corrected chi connectivity index (χ4v) is 4.90. The van der Waals surface area contributed by atoms with Crippen molar-refractivity contribution in [2.24, 2.45) is 5.92 Å². The fourth-order valence-electron chi connectivity index (χ4n) is 3.71. The Labute approximate surface area is 170 Å². The smallest absolute Gasteiger partial charge is 0.240 e. The van der Waals surface area contributed by atoms with Crippen molar-refractivity contribution in [1.82, 2.24) is 4.72 Å². The quantitative estimate of drug-likeness (QED) is 0.800. The van der Waals surface area contributed by atoms with Crippen molar-refractivity contribution in [3.8, 4) is 0 Å². The standard InChI is InChI=1S/C21H23ClN2O3S/c22-18-8-6-15(7-9-18)14-23-28(26,27)19-10-11-20-17(13-19)5-2-12-24(20)21(25)16-3-1-4-16/h6-11,13,16,23H,1-5,12,14H2. The van der Waals surface area contributed by atoms with Crippen LogP contribution >= 0.6 is 11.6 Å². The molecular weight excluding hydrogens is 396 g/mol. The Balaban J connectivity index is 1.52. The molecule has 148 valence electrons. The molecule has 0 spiro atoms. The number of carbonyl (C=O) groups excluding carboxylic acids is 1. The lowest BCUT2D eigenvalue weighted by molar-refractivity contribution is -0.124. The van der Waals surface area contributed by atoms with E-state index in [-0.39, 0.29) is 23.3 Å². The Bertz CT molecular complexity index is 985. The van der Waals surface area contributed by atoms with Gasteiger partial charge in [-0.15, -0.1) is 0 Å². The Morgan fingerprint density at radius 3 is 2.54 bits per heavy atom. The maximum absolute atomic E-state index is 12.7. The Morgan fingerprint density at radius 1 is 1.11 bits per heavy atom. The fraction of sp³-hybridized carbons (Fsp3) is 0.381. The van der Waals surface area contributed by atoms with Gasteiger partial charge in [0.25, 0.3) is 0 Å². The van der Waals surface area contributed by atoms with Crippen LogP contribution in [0.4, 0.5) is 5.69 Å². The van der Waals surface area contributed by atoms with Gasteiger partial charge in [-0.3, -0.25) is 4.79 Å². The third-order valence-corrected chi connectivity index (χ3v) is 7.23. The number of nitrogens with zero attached hydrogens (tertiary/aromatic N) is 1. The summed E-state index contributed by atoms with van der Waals surface area (Å²) >= 11 is 5.86. The molecule has 1 amide bonds. The Hall–Kier alpha value is -1.89. The van der Waals surface area contributed by atoms with E-state index >= 15 is 0 Å². The van der Waals surface area contributed by atoms with Gasteiger partial charge in [-0.05, 0) is 67.1 Å². The maximum atomic E-state index is 12.7. The molecule has 4 rings (SSSR count). The van der Waals surface area contributed by atoms with Crippen molar-refractivity contribution in [3.05, 3.63) is 58.6 Å². The summed E-state index contributed by atoms with van der Waals surface area (Å²) in [7, 11) is -3.64. The summed E-state index contributed by atoms with van der Waals surface area (Å²) < 4.78 is 28.1. The van der Waals surface area contributed by atoms with Gasteiger partial charge in [0.1, 0.15) is 0 Å². The van der Waals surface area contributed by atoms with E-state index in [1.807, 2.05) is 4.90 Å². The van der Waals surface area contributed by atoms with Crippen LogP contribution < -0.4 is 9.62 Å². The summed E-state index contributed by atoms with van der Waals surface area (Å²) in [6.07, 6.45) is 4.68. The Morgan fingerprint density at radius 2 is 1.86 bits per heavy atom. The van der Waals surface area contributed by atoms with E-state index in [0.29, 0.717) is 11.6 Å². The molecule has 1 aliphatic heterocycles. The Kier molecular flexibility index (Phi) is 5.45. The molecule has 0 unspecified atom stereocenters. The highest BCUT2D eigenvalue weighted by molar-refractivity contribution is 7.89. The van der Waals surface area contributed by atoms with Crippen LogP contribution in [0.15, 0.2) is 47.4 Å². The van der Waals surface area contributed by atoms with Crippen LogP contribution in [0, 0.1) is 5.92 Å². The molecule has 2 aromatic carbocycles. The van der Waals surface area contributed by atoms with E-state index in [1.165, 1.54) is 0 Å². The first kappa shape index (κ1) is 19.4. The highest BCUT2D eigenvalue weighted by Crippen LogP contribution is 2.34. The van der Waals surface area contributed by atoms with Gasteiger partial charge in [-0.25, -0.2) is 13.1 Å². The second kappa shape index (κ2) is 7.85. The maximum Gasteiger partial charge on any atom is 0.240 e. The number of fused-ring (bicyclic) bond motifs is 1. The predicted molar refractivity (Wildman–Crippen MR) is 110 cm³/mol. The minimum absolute atomic E-state index is 0.135. The van der Waals surface area contributed by atoms with Crippen molar-refractivity contribution >= 4 is 33.2 Å². The zero-order chi connectivity index (χ0) is 19.7. The molecule has 0 atom stereocenters. The second-order valence-corrected chi connectivity index (χ2v) is 9.67. The van der Waals surface area contributed by atoms with Gasteiger partial charge in [-0.1, -0.05) is 30.2 Å². The number of benzene rings is 2. The monoisotopic (exact) mass is 418 g/mol. The number of sulfonamides is 1. The molecule has 5 nitrogen and oxygen atoms in total. The lowest BCUT2D eigenvalue weighted by Crippen LogP contribution is -2.41. The van der Waals surface area contributed by atoms with E-state index < -0.39 is 10.0 Å². The average molecular weight is 419 g/mol. The lowest BCUT2D eigenvalue weighted by atomic mass is 9.83. The highest BCUT2D eigenvalue weighted by Gasteiger charge is 2.32. The molecular formula is C21H23ClN2O3S. The van der Waals surface area contributed by atoms with Gasteiger partial charge < -0.3 is 4.90 Å². The first-order valence-corrected chi connectivity index (χ1v) is 11.5. The second-order valence-electron chi connectivity index (χ2n) is 7.46. The van der Waals surface area contributed by atoms with Crippen molar-refractivity contribution in [1.29, 1.82) is 0 Å². The summed E-state index contributed by atoms with van der Waals surface area (Å²) in [6, 6.07) is 12.1. The van der Waals surface area contributed by atoms with Gasteiger partial charge >= 0.3 is 0 Å². The molecule has 2 aromatic rings. The zero-order valence-electron chi connectivity index (χ0n) is 15.5. The number of anilines is 1. The SMILES string of the molecule is O=C(C1CCC1)N1CCCc2cc(S(=O)(=O)NCc3ccc(Cl)cc3)ccc21. The number of halogens is 1. The third kappa shape index (κ3) is 3.95. The number of hydrogen-bond acceptors (Lipinski definition) is 3. The number of aryl methyl sites for hydroxylation is 1. The summed E-state index contributed by atoms with van der Waals surface area (Å²) in [5, 5.41) is 0.613. The molecule has 0 radical (unpaired) electrons. The van der Waals surface area contributed by atoms with E-state index in [0.717, 1.165) is 48.9 Å². The van der Waals surface area contributed by atoms with Gasteiger partial charge in [0.2, 0.25) is 15.9 Å². The molecule has 7 heteroatoms. The van der Waals surface area contributed by atoms with Crippen LogP contribution in [-0.2, 0) is 27.8 Å². The van der Waals surface area contributed by atoms with Crippen molar-refractivity contribution in [3.63, 3.8) is 0 Å². The first-order chi connectivity index (χ1) is 13.4. The zero-order valence-corrected chi connectivity index (χ0v) is 17.1. The number of carbonyl (C=O) groups is 1. The molecule has 1 N–H and O–H groups in total. The van der Waals surface area contributed by atoms with Crippen LogP contribution in [0.3, 0.4) is 0 Å². The molecule has 1 heterocycles. The molecule has 1 fully saturated rings. The van der Waals surface area contributed by atoms with Crippen LogP contribution in [0.1, 0.15) is 36.8 Å². The average Bonchev–Trinajstić information content (AvgIpc) is 2.65. The molecule has 0 aromatic heterocycles. The van der Waals surface area contributed by atoms with Crippen molar-refractivity contribution in [2.75, 3.05) is 11.4 Å². The third-order valence-electron chi connectivity index (χ3n) is 5.58. The van der Waals surface area contributed by atoms with Crippen LogP contribution in [0.25, 0.3) is 0 Å². The van der Waals surface area contributed by atoms with E-state index in [2.05, 4.69) is 4.72 Å². The summed E-state index contributed by atoms with van der Waals surface area (Å²) in [4.78, 5) is 14.8. The van der Waals surface area contributed by atoms with Crippen molar-refractivity contribution < 1.29 is 13.2 Å². The van der Waals surface area contributed by atoms with E-state index in [1.54, 1.807) is 42.5 Å². The predicted octanol–water partition coefficient (Wildman–Crippen LogP) is 3.90. The van der Waals surface area contributed by atoms with Gasteiger partial charge in [0.15, 0.2) is 0 Å². The molecule has 0 bridgehead atoms. The van der Waals surface area contributed by atoms with Gasteiger partial charge in [0.05, 0.1) is 4.90 Å². The first-order valence-electron chi connectivity index (χ1n) is 9.62. The molecule has 2 aliphatic rings. The molecule has 28 heavy (non-hydrogen) atoms. The number of amides is 1. The van der Waals surface area contributed by atoms with Gasteiger partial charge in [0, 0.05) is 29.7 Å². The topological polar surface area (TPSA) is 66.5 Å². The van der Waals surface area contributed by atoms with Crippen LogP contribution in [0.2, 0.25) is 5.02 Å². The molecule has 1 aliphatic carbocycles. The van der Waals surface area contributed by atoms with Crippen LogP contribution in [0.5, 0.6) is 0 Å². The molecule has 0 saturated heterocycles. The lowest BCUT2D eigenvalue weighted by Gasteiger charge is -2.35. The number of hydrogen-bond donors (Lipinski definition) is 1. The van der Waals surface area contributed by atoms with Crippen LogP contribution in [-0.4, -0.2) is 20.9 Å². The summed E-state index contributed by atoms with van der Waals surface area (Å²) in [6.45, 7) is 0.909.